The van der Waals surface area contributed by atoms with Crippen molar-refractivity contribution in [2.45, 2.75) is 38.5 Å². The molecule has 4 rings (SSSR count). The third kappa shape index (κ3) is 4.07. The third-order valence-electron chi connectivity index (χ3n) is 4.24. The topological polar surface area (TPSA) is 66.5 Å². The molecule has 3 aromatic rings. The summed E-state index contributed by atoms with van der Waals surface area (Å²) in [5.41, 5.74) is 1.70. The molecular weight excluding hydrogens is 341 g/mol. The van der Waals surface area contributed by atoms with E-state index in [-0.39, 0.29) is 5.02 Å². The Labute approximate surface area is 151 Å². The number of aromatic nitrogens is 4. The van der Waals surface area contributed by atoms with Crippen molar-refractivity contribution in [1.29, 1.82) is 0 Å². The number of H-pyrrole nitrogens is 1. The standard InChI is InChI=1S/C12H9ClFN5.C6H12/c1-15-8-5-16-11-10(18-19-12(11)17-8)6-3-2-4-7(13)9(6)14;1-2-4-6-5-3-1/h2-5H,1H3,(H2,15,17,18,19);1-6H2. The zero-order valence-corrected chi connectivity index (χ0v) is 14.9. The van der Waals surface area contributed by atoms with Gasteiger partial charge in [-0.25, -0.2) is 14.4 Å². The summed E-state index contributed by atoms with van der Waals surface area (Å²) in [6.45, 7) is 0. The van der Waals surface area contributed by atoms with Gasteiger partial charge in [-0.2, -0.15) is 5.10 Å². The van der Waals surface area contributed by atoms with E-state index in [1.807, 2.05) is 0 Å². The average molecular weight is 362 g/mol. The molecule has 0 amide bonds. The summed E-state index contributed by atoms with van der Waals surface area (Å²) in [4.78, 5) is 8.45. The highest BCUT2D eigenvalue weighted by Crippen LogP contribution is 2.29. The van der Waals surface area contributed by atoms with Crippen LogP contribution in [0.25, 0.3) is 22.4 Å². The van der Waals surface area contributed by atoms with Crippen LogP contribution in [0, 0.1) is 5.82 Å². The van der Waals surface area contributed by atoms with Crippen molar-refractivity contribution in [1.82, 2.24) is 20.2 Å². The Morgan fingerprint density at radius 1 is 1.12 bits per heavy atom. The number of hydrogen-bond donors (Lipinski definition) is 2. The van der Waals surface area contributed by atoms with Gasteiger partial charge >= 0.3 is 0 Å². The quantitative estimate of drug-likeness (QED) is 0.658. The van der Waals surface area contributed by atoms with Gasteiger partial charge in [0.15, 0.2) is 5.82 Å². The summed E-state index contributed by atoms with van der Waals surface area (Å²) in [5, 5.41) is 9.70. The van der Waals surface area contributed by atoms with Crippen LogP contribution in [0.5, 0.6) is 0 Å². The van der Waals surface area contributed by atoms with E-state index in [1.54, 1.807) is 25.4 Å². The maximum atomic E-state index is 14.0. The van der Waals surface area contributed by atoms with Gasteiger partial charge in [-0.05, 0) is 12.1 Å². The predicted molar refractivity (Wildman–Crippen MR) is 99.3 cm³/mol. The fourth-order valence-corrected chi connectivity index (χ4v) is 3.04. The molecule has 2 aromatic heterocycles. The van der Waals surface area contributed by atoms with Crippen LogP contribution in [0.15, 0.2) is 24.4 Å². The van der Waals surface area contributed by atoms with Gasteiger partial charge in [0.25, 0.3) is 0 Å². The number of hydrogen-bond acceptors (Lipinski definition) is 4. The molecule has 1 aromatic carbocycles. The van der Waals surface area contributed by atoms with Crippen molar-refractivity contribution in [3.05, 3.63) is 35.2 Å². The van der Waals surface area contributed by atoms with Gasteiger partial charge in [0.2, 0.25) is 5.65 Å². The fourth-order valence-electron chi connectivity index (χ4n) is 2.86. The Bertz CT molecular complexity index is 833. The molecule has 0 unspecified atom stereocenters. The van der Waals surface area contributed by atoms with Gasteiger partial charge < -0.3 is 5.32 Å². The highest BCUT2D eigenvalue weighted by molar-refractivity contribution is 6.31. The lowest BCUT2D eigenvalue weighted by molar-refractivity contribution is 0.504. The molecule has 0 spiro atoms. The van der Waals surface area contributed by atoms with Crippen LogP contribution in [-0.4, -0.2) is 27.2 Å². The van der Waals surface area contributed by atoms with E-state index in [0.29, 0.717) is 28.2 Å². The molecule has 2 N–H and O–H groups in total. The Morgan fingerprint density at radius 3 is 2.44 bits per heavy atom. The Balaban J connectivity index is 0.000000258. The summed E-state index contributed by atoms with van der Waals surface area (Å²) in [6, 6.07) is 4.77. The second-order valence-corrected chi connectivity index (χ2v) is 6.41. The number of aromatic amines is 1. The third-order valence-corrected chi connectivity index (χ3v) is 4.53. The maximum absolute atomic E-state index is 14.0. The van der Waals surface area contributed by atoms with E-state index in [9.17, 15) is 4.39 Å². The molecular formula is C18H21ClFN5. The first-order valence-electron chi connectivity index (χ1n) is 8.54. The number of halogens is 2. The lowest BCUT2D eigenvalue weighted by Crippen LogP contribution is -1.93. The van der Waals surface area contributed by atoms with E-state index < -0.39 is 5.82 Å². The van der Waals surface area contributed by atoms with E-state index in [0.717, 1.165) is 0 Å². The van der Waals surface area contributed by atoms with E-state index in [2.05, 4.69) is 25.5 Å². The lowest BCUT2D eigenvalue weighted by atomic mass is 10.0. The molecule has 2 heterocycles. The van der Waals surface area contributed by atoms with Crippen molar-refractivity contribution in [2.24, 2.45) is 0 Å². The number of anilines is 1. The fraction of sp³-hybridized carbons (Fsp3) is 0.389. The summed E-state index contributed by atoms with van der Waals surface area (Å²) in [5.74, 6) is 0.0892. The van der Waals surface area contributed by atoms with Crippen LogP contribution in [-0.2, 0) is 0 Å². The molecule has 5 nitrogen and oxygen atoms in total. The lowest BCUT2D eigenvalue weighted by Gasteiger charge is -2.05. The van der Waals surface area contributed by atoms with Crippen molar-refractivity contribution in [2.75, 3.05) is 12.4 Å². The normalized spacial score (nSPS) is 14.0. The summed E-state index contributed by atoms with van der Waals surface area (Å²) >= 11 is 5.77. The van der Waals surface area contributed by atoms with Gasteiger partial charge in [0.1, 0.15) is 11.3 Å². The highest BCUT2D eigenvalue weighted by atomic mass is 35.5. The molecule has 0 bridgehead atoms. The predicted octanol–water partition coefficient (Wildman–Crippen LogP) is 5.19. The summed E-state index contributed by atoms with van der Waals surface area (Å²) in [6.07, 6.45) is 10.6. The van der Waals surface area contributed by atoms with E-state index in [1.165, 1.54) is 44.6 Å². The molecule has 1 aliphatic carbocycles. The molecule has 7 heteroatoms. The van der Waals surface area contributed by atoms with Crippen molar-refractivity contribution in [3.8, 4) is 11.3 Å². The first-order valence-corrected chi connectivity index (χ1v) is 8.91. The largest absolute Gasteiger partial charge is 0.372 e. The zero-order valence-electron chi connectivity index (χ0n) is 14.1. The van der Waals surface area contributed by atoms with Crippen LogP contribution in [0.2, 0.25) is 5.02 Å². The average Bonchev–Trinajstić information content (AvgIpc) is 3.09. The maximum Gasteiger partial charge on any atom is 0.202 e. The SMILES string of the molecule is C1CCCCC1.CNc1cnc2c(-c3cccc(Cl)c3F)[nH]nc2n1. The zero-order chi connectivity index (χ0) is 17.6. The van der Waals surface area contributed by atoms with Crippen molar-refractivity contribution in [3.63, 3.8) is 0 Å². The molecule has 0 radical (unpaired) electrons. The highest BCUT2D eigenvalue weighted by Gasteiger charge is 2.15. The molecule has 25 heavy (non-hydrogen) atoms. The van der Waals surface area contributed by atoms with E-state index >= 15 is 0 Å². The van der Waals surface area contributed by atoms with Crippen LogP contribution in [0.1, 0.15) is 38.5 Å². The number of nitrogens with zero attached hydrogens (tertiary/aromatic N) is 3. The molecule has 0 atom stereocenters. The Kier molecular flexibility index (Phi) is 5.81. The minimum atomic E-state index is -0.505. The van der Waals surface area contributed by atoms with Gasteiger partial charge in [-0.15, -0.1) is 0 Å². The van der Waals surface area contributed by atoms with Crippen LogP contribution >= 0.6 is 11.6 Å². The Morgan fingerprint density at radius 2 is 1.80 bits per heavy atom. The minimum absolute atomic E-state index is 0.0556. The summed E-state index contributed by atoms with van der Waals surface area (Å²) in [7, 11) is 1.74. The number of nitrogens with one attached hydrogen (secondary N) is 2. The molecule has 1 saturated carbocycles. The van der Waals surface area contributed by atoms with E-state index in [4.69, 9.17) is 11.6 Å². The van der Waals surface area contributed by atoms with Crippen LogP contribution in [0.4, 0.5) is 10.2 Å². The van der Waals surface area contributed by atoms with Crippen LogP contribution < -0.4 is 5.32 Å². The van der Waals surface area contributed by atoms with Gasteiger partial charge in [0.05, 0.1) is 16.9 Å². The van der Waals surface area contributed by atoms with Crippen molar-refractivity contribution >= 4 is 28.6 Å². The molecule has 1 aliphatic rings. The van der Waals surface area contributed by atoms with Gasteiger partial charge in [0, 0.05) is 12.6 Å². The number of fused-ring (bicyclic) bond motifs is 1. The molecule has 132 valence electrons. The van der Waals surface area contributed by atoms with Crippen LogP contribution in [0.3, 0.4) is 0 Å². The van der Waals surface area contributed by atoms with Gasteiger partial charge in [-0.1, -0.05) is 56.2 Å². The molecule has 0 saturated heterocycles. The smallest absolute Gasteiger partial charge is 0.202 e. The summed E-state index contributed by atoms with van der Waals surface area (Å²) < 4.78 is 14.0. The monoisotopic (exact) mass is 361 g/mol. The van der Waals surface area contributed by atoms with Crippen molar-refractivity contribution < 1.29 is 4.39 Å². The first kappa shape index (κ1) is 17.6. The van der Waals surface area contributed by atoms with Gasteiger partial charge in [-0.3, -0.25) is 5.10 Å². The second-order valence-electron chi connectivity index (χ2n) is 6.00. The minimum Gasteiger partial charge on any atom is -0.372 e. The molecule has 0 aliphatic heterocycles. The second kappa shape index (κ2) is 8.25. The molecule has 1 fully saturated rings. The number of rotatable bonds is 2. The first-order chi connectivity index (χ1) is 12.2. The number of benzene rings is 1. The Hall–Kier alpha value is -2.21.